The largest absolute Gasteiger partial charge is 0.573 e. The third-order valence-corrected chi connectivity index (χ3v) is 1.96. The van der Waals surface area contributed by atoms with Crippen molar-refractivity contribution in [3.8, 4) is 5.75 Å². The zero-order valence-corrected chi connectivity index (χ0v) is 8.44. The first-order valence-electron chi connectivity index (χ1n) is 3.98. The van der Waals surface area contributed by atoms with Crippen LogP contribution in [0.4, 0.5) is 17.6 Å². The summed E-state index contributed by atoms with van der Waals surface area (Å²) in [5, 5.41) is 8.75. The molecule has 1 aromatic heterocycles. The van der Waals surface area contributed by atoms with Gasteiger partial charge in [-0.25, -0.2) is 4.98 Å². The summed E-state index contributed by atoms with van der Waals surface area (Å²) >= 11 is 5.35. The van der Waals surface area contributed by atoms with Crippen molar-refractivity contribution in [2.24, 2.45) is 0 Å². The van der Waals surface area contributed by atoms with Crippen LogP contribution in [0.2, 0.25) is 0 Å². The minimum atomic E-state index is -4.99. The molecule has 0 aromatic carbocycles. The number of halogens is 5. The van der Waals surface area contributed by atoms with E-state index in [0.29, 0.717) is 0 Å². The van der Waals surface area contributed by atoms with Gasteiger partial charge in [-0.2, -0.15) is 4.39 Å². The Morgan fingerprint density at radius 2 is 2.06 bits per heavy atom. The Balaban J connectivity index is 3.25. The van der Waals surface area contributed by atoms with Gasteiger partial charge in [0.15, 0.2) is 0 Å². The van der Waals surface area contributed by atoms with Crippen LogP contribution < -0.4 is 4.74 Å². The monoisotopic (exact) mass is 259 g/mol. The number of pyridine rings is 1. The van der Waals surface area contributed by atoms with E-state index in [0.717, 1.165) is 6.20 Å². The summed E-state index contributed by atoms with van der Waals surface area (Å²) in [6.45, 7) is -0.963. The third kappa shape index (κ3) is 2.96. The SMILES string of the molecule is OCc1c(F)ncc(CCl)c1OC(F)(F)F. The van der Waals surface area contributed by atoms with Gasteiger partial charge in [0.1, 0.15) is 5.75 Å². The van der Waals surface area contributed by atoms with E-state index in [-0.39, 0.29) is 11.4 Å². The summed E-state index contributed by atoms with van der Waals surface area (Å²) in [7, 11) is 0. The molecule has 1 heterocycles. The predicted molar refractivity (Wildman–Crippen MR) is 46.4 cm³/mol. The average molecular weight is 260 g/mol. The fourth-order valence-electron chi connectivity index (χ4n) is 1.03. The lowest BCUT2D eigenvalue weighted by atomic mass is 10.2. The molecule has 0 saturated heterocycles. The van der Waals surface area contributed by atoms with Gasteiger partial charge in [0.05, 0.1) is 18.1 Å². The maximum atomic E-state index is 13.0. The van der Waals surface area contributed by atoms with Gasteiger partial charge in [0.2, 0.25) is 5.95 Å². The van der Waals surface area contributed by atoms with Gasteiger partial charge in [-0.3, -0.25) is 0 Å². The van der Waals surface area contributed by atoms with Crippen molar-refractivity contribution in [2.75, 3.05) is 0 Å². The quantitative estimate of drug-likeness (QED) is 0.515. The van der Waals surface area contributed by atoms with Crippen LogP contribution in [-0.2, 0) is 12.5 Å². The summed E-state index contributed by atoms with van der Waals surface area (Å²) in [6.07, 6.45) is -4.17. The number of hydrogen-bond donors (Lipinski definition) is 1. The van der Waals surface area contributed by atoms with Gasteiger partial charge >= 0.3 is 6.36 Å². The van der Waals surface area contributed by atoms with Crippen molar-refractivity contribution < 1.29 is 27.4 Å². The molecule has 90 valence electrons. The molecular weight excluding hydrogens is 254 g/mol. The molecule has 0 aliphatic heterocycles. The average Bonchev–Trinajstić information content (AvgIpc) is 2.16. The van der Waals surface area contributed by atoms with Crippen LogP contribution in [0.25, 0.3) is 0 Å². The van der Waals surface area contributed by atoms with E-state index in [9.17, 15) is 17.6 Å². The van der Waals surface area contributed by atoms with E-state index in [1.807, 2.05) is 0 Å². The smallest absolute Gasteiger partial charge is 0.405 e. The molecule has 0 aliphatic rings. The zero-order chi connectivity index (χ0) is 12.3. The summed E-state index contributed by atoms with van der Waals surface area (Å²) in [4.78, 5) is 3.15. The summed E-state index contributed by atoms with van der Waals surface area (Å²) in [5.41, 5.74) is -0.820. The molecule has 1 aromatic rings. The Labute approximate surface area is 92.6 Å². The van der Waals surface area contributed by atoms with Crippen LogP contribution in [0, 0.1) is 5.95 Å². The molecule has 0 atom stereocenters. The minimum absolute atomic E-state index is 0.149. The van der Waals surface area contributed by atoms with Crippen LogP contribution >= 0.6 is 11.6 Å². The molecule has 1 N–H and O–H groups in total. The van der Waals surface area contributed by atoms with Crippen molar-refractivity contribution in [2.45, 2.75) is 18.8 Å². The third-order valence-electron chi connectivity index (χ3n) is 1.67. The van der Waals surface area contributed by atoms with Gasteiger partial charge in [-0.05, 0) is 0 Å². The highest BCUT2D eigenvalue weighted by atomic mass is 35.5. The number of aromatic nitrogens is 1. The Kier molecular flexibility index (Phi) is 3.93. The topological polar surface area (TPSA) is 42.4 Å². The van der Waals surface area contributed by atoms with Crippen LogP contribution in [0.1, 0.15) is 11.1 Å². The van der Waals surface area contributed by atoms with Crippen LogP contribution in [0.3, 0.4) is 0 Å². The number of alkyl halides is 4. The van der Waals surface area contributed by atoms with Crippen molar-refractivity contribution in [3.05, 3.63) is 23.3 Å². The molecule has 0 unspecified atom stereocenters. The van der Waals surface area contributed by atoms with Crippen LogP contribution in [0.5, 0.6) is 5.75 Å². The second-order valence-corrected chi connectivity index (χ2v) is 2.99. The van der Waals surface area contributed by atoms with Gasteiger partial charge in [-0.1, -0.05) is 0 Å². The first-order valence-corrected chi connectivity index (χ1v) is 4.51. The molecule has 0 bridgehead atoms. The van der Waals surface area contributed by atoms with Gasteiger partial charge in [0.25, 0.3) is 0 Å². The molecule has 0 saturated carbocycles. The Morgan fingerprint density at radius 3 is 2.50 bits per heavy atom. The Morgan fingerprint density at radius 1 is 1.44 bits per heavy atom. The van der Waals surface area contributed by atoms with E-state index >= 15 is 0 Å². The summed E-state index contributed by atoms with van der Waals surface area (Å²) < 4.78 is 52.6. The predicted octanol–water partition coefficient (Wildman–Crippen LogP) is 2.35. The first kappa shape index (κ1) is 13.0. The molecule has 16 heavy (non-hydrogen) atoms. The number of aliphatic hydroxyl groups excluding tert-OH is 1. The van der Waals surface area contributed by atoms with Crippen molar-refractivity contribution in [1.29, 1.82) is 0 Å². The Hall–Kier alpha value is -1.08. The lowest BCUT2D eigenvalue weighted by Gasteiger charge is -2.15. The number of hydrogen-bond acceptors (Lipinski definition) is 3. The molecule has 0 spiro atoms. The fraction of sp³-hybridized carbons (Fsp3) is 0.375. The highest BCUT2D eigenvalue weighted by molar-refractivity contribution is 6.17. The van der Waals surface area contributed by atoms with Crippen molar-refractivity contribution >= 4 is 11.6 Å². The molecule has 1 rings (SSSR count). The first-order chi connectivity index (χ1) is 7.39. The molecular formula is C8H6ClF4NO2. The van der Waals surface area contributed by atoms with Crippen molar-refractivity contribution in [3.63, 3.8) is 0 Å². The molecule has 0 amide bonds. The van der Waals surface area contributed by atoms with Gasteiger partial charge in [0, 0.05) is 11.8 Å². The molecule has 0 fully saturated rings. The maximum Gasteiger partial charge on any atom is 0.573 e. The number of rotatable bonds is 3. The summed E-state index contributed by atoms with van der Waals surface area (Å²) in [6, 6.07) is 0. The minimum Gasteiger partial charge on any atom is -0.405 e. The summed E-state index contributed by atoms with van der Waals surface area (Å²) in [5.74, 6) is -2.40. The van der Waals surface area contributed by atoms with Crippen molar-refractivity contribution in [1.82, 2.24) is 4.98 Å². The highest BCUT2D eigenvalue weighted by Gasteiger charge is 2.34. The Bertz CT molecular complexity index is 383. The second-order valence-electron chi connectivity index (χ2n) is 2.72. The van der Waals surface area contributed by atoms with E-state index in [1.54, 1.807) is 0 Å². The lowest BCUT2D eigenvalue weighted by molar-refractivity contribution is -0.275. The van der Waals surface area contributed by atoms with Gasteiger partial charge < -0.3 is 9.84 Å². The fourth-order valence-corrected chi connectivity index (χ4v) is 1.22. The zero-order valence-electron chi connectivity index (χ0n) is 7.68. The molecule has 3 nitrogen and oxygen atoms in total. The molecule has 8 heteroatoms. The normalized spacial score (nSPS) is 11.6. The number of aliphatic hydroxyl groups is 1. The maximum absolute atomic E-state index is 13.0. The standard InChI is InChI=1S/C8H6ClF4NO2/c9-1-4-2-14-7(10)5(3-15)6(4)16-8(11,12)13/h2,15H,1,3H2. The highest BCUT2D eigenvalue weighted by Crippen LogP contribution is 2.31. The lowest BCUT2D eigenvalue weighted by Crippen LogP contribution is -2.20. The molecule has 0 radical (unpaired) electrons. The van der Waals surface area contributed by atoms with E-state index < -0.39 is 30.2 Å². The van der Waals surface area contributed by atoms with Gasteiger partial charge in [-0.15, -0.1) is 24.8 Å². The van der Waals surface area contributed by atoms with Crippen LogP contribution in [-0.4, -0.2) is 16.5 Å². The number of ether oxygens (including phenoxy) is 1. The second kappa shape index (κ2) is 4.84. The van der Waals surface area contributed by atoms with E-state index in [1.165, 1.54) is 0 Å². The number of nitrogens with zero attached hydrogens (tertiary/aromatic N) is 1. The van der Waals surface area contributed by atoms with E-state index in [4.69, 9.17) is 16.7 Å². The van der Waals surface area contributed by atoms with E-state index in [2.05, 4.69) is 9.72 Å². The van der Waals surface area contributed by atoms with Crippen LogP contribution in [0.15, 0.2) is 6.20 Å². The molecule has 0 aliphatic carbocycles.